The summed E-state index contributed by atoms with van der Waals surface area (Å²) in [5, 5.41) is 3.25. The van der Waals surface area contributed by atoms with E-state index >= 15 is 0 Å². The molecule has 0 fully saturated rings. The van der Waals surface area contributed by atoms with E-state index in [1.165, 1.54) is 36.6 Å². The molecule has 6 nitrogen and oxygen atoms in total. The number of rotatable bonds is 7. The number of furan rings is 1. The summed E-state index contributed by atoms with van der Waals surface area (Å²) in [6, 6.07) is 16.3. The lowest BCUT2D eigenvalue weighted by Crippen LogP contribution is -2.23. The second-order valence-corrected chi connectivity index (χ2v) is 8.01. The monoisotopic (exact) mass is 416 g/mol. The fourth-order valence-corrected chi connectivity index (χ4v) is 3.54. The Labute approximate surface area is 167 Å². The largest absolute Gasteiger partial charge is 0.468 e. The highest BCUT2D eigenvalue weighted by Gasteiger charge is 2.14. The SMILES string of the molecule is O=C(/C=C/c1cccc(Cl)c1)Nc1ccc(S(=O)(=O)NCc2ccco2)cc1. The first-order chi connectivity index (χ1) is 13.4. The topological polar surface area (TPSA) is 88.4 Å². The lowest BCUT2D eigenvalue weighted by molar-refractivity contribution is -0.111. The predicted octanol–water partition coefficient (Wildman–Crippen LogP) is 4.06. The zero-order valence-corrected chi connectivity index (χ0v) is 16.2. The van der Waals surface area contributed by atoms with Crippen LogP contribution in [0.25, 0.3) is 6.08 Å². The van der Waals surface area contributed by atoms with Crippen LogP contribution in [0.1, 0.15) is 11.3 Å². The molecule has 1 heterocycles. The number of anilines is 1. The molecule has 0 saturated carbocycles. The van der Waals surface area contributed by atoms with Gasteiger partial charge in [0.15, 0.2) is 0 Å². The number of nitrogens with one attached hydrogen (secondary N) is 2. The average molecular weight is 417 g/mol. The van der Waals surface area contributed by atoms with Gasteiger partial charge < -0.3 is 9.73 Å². The molecule has 0 bridgehead atoms. The van der Waals surface area contributed by atoms with Crippen LogP contribution < -0.4 is 10.0 Å². The van der Waals surface area contributed by atoms with Crippen molar-refractivity contribution in [2.45, 2.75) is 11.4 Å². The number of hydrogen-bond acceptors (Lipinski definition) is 4. The molecule has 2 N–H and O–H groups in total. The van der Waals surface area contributed by atoms with E-state index in [1.54, 1.807) is 36.4 Å². The van der Waals surface area contributed by atoms with Crippen molar-refractivity contribution in [3.63, 3.8) is 0 Å². The summed E-state index contributed by atoms with van der Waals surface area (Å²) in [6.07, 6.45) is 4.49. The van der Waals surface area contributed by atoms with Crippen LogP contribution in [-0.2, 0) is 21.4 Å². The predicted molar refractivity (Wildman–Crippen MR) is 108 cm³/mol. The van der Waals surface area contributed by atoms with Gasteiger partial charge >= 0.3 is 0 Å². The molecule has 1 aromatic heterocycles. The van der Waals surface area contributed by atoms with Crippen LogP contribution in [0.2, 0.25) is 5.02 Å². The van der Waals surface area contributed by atoms with E-state index in [-0.39, 0.29) is 17.3 Å². The van der Waals surface area contributed by atoms with Crippen molar-refractivity contribution in [3.05, 3.63) is 89.3 Å². The van der Waals surface area contributed by atoms with Crippen molar-refractivity contribution < 1.29 is 17.6 Å². The lowest BCUT2D eigenvalue weighted by Gasteiger charge is -2.07. The van der Waals surface area contributed by atoms with Crippen LogP contribution in [0.4, 0.5) is 5.69 Å². The summed E-state index contributed by atoms with van der Waals surface area (Å²) in [6.45, 7) is 0.0577. The van der Waals surface area contributed by atoms with Crippen molar-refractivity contribution in [1.29, 1.82) is 0 Å². The third kappa shape index (κ3) is 5.56. The van der Waals surface area contributed by atoms with Gasteiger partial charge in [-0.05, 0) is 60.2 Å². The van der Waals surface area contributed by atoms with Gasteiger partial charge in [-0.3, -0.25) is 4.79 Å². The van der Waals surface area contributed by atoms with Gasteiger partial charge in [0.1, 0.15) is 5.76 Å². The Morgan fingerprint density at radius 3 is 2.54 bits per heavy atom. The Morgan fingerprint density at radius 1 is 1.07 bits per heavy atom. The Balaban J connectivity index is 1.59. The van der Waals surface area contributed by atoms with Crippen molar-refractivity contribution in [2.24, 2.45) is 0 Å². The summed E-state index contributed by atoms with van der Waals surface area (Å²) < 4.78 is 32.1. The summed E-state index contributed by atoms with van der Waals surface area (Å²) in [5.74, 6) is 0.172. The van der Waals surface area contributed by atoms with Crippen molar-refractivity contribution in [1.82, 2.24) is 4.72 Å². The minimum Gasteiger partial charge on any atom is -0.468 e. The second-order valence-electron chi connectivity index (χ2n) is 5.81. The van der Waals surface area contributed by atoms with Gasteiger partial charge in [0.25, 0.3) is 0 Å². The number of amides is 1. The molecular formula is C20H17ClN2O4S. The molecule has 1 amide bonds. The number of sulfonamides is 1. The maximum Gasteiger partial charge on any atom is 0.248 e. The minimum atomic E-state index is -3.68. The number of halogens is 1. The summed E-state index contributed by atoms with van der Waals surface area (Å²) in [5.41, 5.74) is 1.28. The minimum absolute atomic E-state index is 0.0577. The Morgan fingerprint density at radius 2 is 1.86 bits per heavy atom. The normalized spacial score (nSPS) is 11.6. The molecule has 144 valence electrons. The number of benzene rings is 2. The molecule has 0 saturated heterocycles. The van der Waals surface area contributed by atoms with Crippen molar-refractivity contribution >= 4 is 39.3 Å². The molecule has 0 atom stereocenters. The van der Waals surface area contributed by atoms with Gasteiger partial charge in [-0.1, -0.05) is 23.7 Å². The average Bonchev–Trinajstić information content (AvgIpc) is 3.19. The molecule has 0 aliphatic heterocycles. The molecule has 0 unspecified atom stereocenters. The smallest absolute Gasteiger partial charge is 0.248 e. The quantitative estimate of drug-likeness (QED) is 0.568. The molecule has 0 radical (unpaired) electrons. The fourth-order valence-electron chi connectivity index (χ4n) is 2.35. The number of hydrogen-bond donors (Lipinski definition) is 2. The number of carbonyl (C=O) groups excluding carboxylic acids is 1. The van der Waals surface area contributed by atoms with E-state index in [4.69, 9.17) is 16.0 Å². The maximum absolute atomic E-state index is 12.3. The Hall–Kier alpha value is -2.87. The summed E-state index contributed by atoms with van der Waals surface area (Å²) in [4.78, 5) is 12.1. The third-order valence-corrected chi connectivity index (χ3v) is 5.38. The molecule has 8 heteroatoms. The van der Waals surface area contributed by atoms with E-state index in [9.17, 15) is 13.2 Å². The van der Waals surface area contributed by atoms with Gasteiger partial charge in [-0.15, -0.1) is 0 Å². The van der Waals surface area contributed by atoms with Crippen LogP contribution in [0.15, 0.2) is 82.3 Å². The van der Waals surface area contributed by atoms with E-state index in [0.717, 1.165) is 5.56 Å². The van der Waals surface area contributed by atoms with E-state index in [1.807, 2.05) is 6.07 Å². The van der Waals surface area contributed by atoms with Gasteiger partial charge in [0, 0.05) is 16.8 Å². The highest BCUT2D eigenvalue weighted by atomic mass is 35.5. The molecule has 2 aromatic carbocycles. The van der Waals surface area contributed by atoms with Crippen LogP contribution in [-0.4, -0.2) is 14.3 Å². The van der Waals surface area contributed by atoms with Crippen molar-refractivity contribution in [3.8, 4) is 0 Å². The highest BCUT2D eigenvalue weighted by molar-refractivity contribution is 7.89. The molecular weight excluding hydrogens is 400 g/mol. The van der Waals surface area contributed by atoms with Gasteiger partial charge in [0.2, 0.25) is 15.9 Å². The van der Waals surface area contributed by atoms with Gasteiger partial charge in [0.05, 0.1) is 17.7 Å². The van der Waals surface area contributed by atoms with Gasteiger partial charge in [-0.25, -0.2) is 13.1 Å². The molecule has 3 rings (SSSR count). The maximum atomic E-state index is 12.3. The molecule has 3 aromatic rings. The van der Waals surface area contributed by atoms with E-state index < -0.39 is 10.0 Å². The molecule has 28 heavy (non-hydrogen) atoms. The fraction of sp³-hybridized carbons (Fsp3) is 0.0500. The molecule has 0 aliphatic rings. The highest BCUT2D eigenvalue weighted by Crippen LogP contribution is 2.15. The second kappa shape index (κ2) is 8.88. The summed E-state index contributed by atoms with van der Waals surface area (Å²) >= 11 is 5.90. The first-order valence-electron chi connectivity index (χ1n) is 8.29. The Bertz CT molecular complexity index is 1080. The van der Waals surface area contributed by atoms with E-state index in [2.05, 4.69) is 10.0 Å². The van der Waals surface area contributed by atoms with Gasteiger partial charge in [-0.2, -0.15) is 0 Å². The van der Waals surface area contributed by atoms with Crippen molar-refractivity contribution in [2.75, 3.05) is 5.32 Å². The summed E-state index contributed by atoms with van der Waals surface area (Å²) in [7, 11) is -3.68. The third-order valence-electron chi connectivity index (χ3n) is 3.72. The first-order valence-corrected chi connectivity index (χ1v) is 10.2. The molecule has 0 aliphatic carbocycles. The first kappa shape index (κ1) is 19.9. The Kier molecular flexibility index (Phi) is 6.30. The zero-order valence-electron chi connectivity index (χ0n) is 14.6. The van der Waals surface area contributed by atoms with Crippen LogP contribution >= 0.6 is 11.6 Å². The van der Waals surface area contributed by atoms with Crippen LogP contribution in [0.5, 0.6) is 0 Å². The lowest BCUT2D eigenvalue weighted by atomic mass is 10.2. The van der Waals surface area contributed by atoms with Crippen LogP contribution in [0.3, 0.4) is 0 Å². The molecule has 0 spiro atoms. The standard InChI is InChI=1S/C20H17ClN2O4S/c21-16-4-1-3-15(13-16)6-11-20(24)23-17-7-9-19(10-8-17)28(25,26)22-14-18-5-2-12-27-18/h1-13,22H,14H2,(H,23,24)/b11-6+. The van der Waals surface area contributed by atoms with Crippen LogP contribution in [0, 0.1) is 0 Å². The zero-order chi connectivity index (χ0) is 20.0. The number of carbonyl (C=O) groups is 1. The van der Waals surface area contributed by atoms with E-state index in [0.29, 0.717) is 16.5 Å².